The van der Waals surface area contributed by atoms with Gasteiger partial charge in [0.1, 0.15) is 0 Å². The minimum absolute atomic E-state index is 0.0239. The number of carbonyl (C=O) groups is 1. The second-order valence-corrected chi connectivity index (χ2v) is 8.47. The number of rotatable bonds is 7. The average Bonchev–Trinajstić information content (AvgIpc) is 2.60. The van der Waals surface area contributed by atoms with E-state index < -0.39 is 34.2 Å². The molecule has 2 aromatic carbocycles. The number of nitrogens with one attached hydrogen (secondary N) is 1. The fraction of sp³-hybridized carbons (Fsp3) is 0.316. The van der Waals surface area contributed by atoms with Crippen LogP contribution in [0.15, 0.2) is 48.5 Å². The lowest BCUT2D eigenvalue weighted by Crippen LogP contribution is -2.39. The van der Waals surface area contributed by atoms with Crippen LogP contribution in [0.2, 0.25) is 0 Å². The van der Waals surface area contributed by atoms with Crippen molar-refractivity contribution >= 4 is 15.9 Å². The van der Waals surface area contributed by atoms with E-state index in [4.69, 9.17) is 0 Å². The zero-order valence-electron chi connectivity index (χ0n) is 15.5. The summed E-state index contributed by atoms with van der Waals surface area (Å²) in [6.07, 6.45) is -3.47. The zero-order valence-corrected chi connectivity index (χ0v) is 16.3. The molecule has 5 nitrogen and oxygen atoms in total. The summed E-state index contributed by atoms with van der Waals surface area (Å²) in [5.74, 6) is -0.602. The van der Waals surface area contributed by atoms with Gasteiger partial charge in [-0.1, -0.05) is 42.0 Å². The molecule has 0 radical (unpaired) electrons. The number of amides is 1. The Kier molecular flexibility index (Phi) is 6.84. The van der Waals surface area contributed by atoms with Gasteiger partial charge in [0.05, 0.1) is 18.4 Å². The first-order chi connectivity index (χ1) is 12.9. The second kappa shape index (κ2) is 8.74. The van der Waals surface area contributed by atoms with Crippen molar-refractivity contribution in [2.45, 2.75) is 26.2 Å². The summed E-state index contributed by atoms with van der Waals surface area (Å²) in [6.45, 7) is 1.37. The van der Waals surface area contributed by atoms with E-state index in [1.165, 1.54) is 12.1 Å². The Morgan fingerprint density at radius 3 is 2.29 bits per heavy atom. The smallest absolute Gasteiger partial charge is 0.351 e. The fourth-order valence-electron chi connectivity index (χ4n) is 2.46. The highest BCUT2D eigenvalue weighted by Crippen LogP contribution is 2.29. The van der Waals surface area contributed by atoms with Gasteiger partial charge in [-0.25, -0.2) is 8.42 Å². The van der Waals surface area contributed by atoms with Crippen molar-refractivity contribution in [3.8, 4) is 0 Å². The Bertz CT molecular complexity index is 926. The van der Waals surface area contributed by atoms with Crippen LogP contribution in [-0.4, -0.2) is 31.4 Å². The van der Waals surface area contributed by atoms with E-state index in [-0.39, 0.29) is 18.7 Å². The number of benzene rings is 2. The Labute approximate surface area is 162 Å². The van der Waals surface area contributed by atoms with Gasteiger partial charge in [0.2, 0.25) is 15.9 Å². The van der Waals surface area contributed by atoms with Crippen LogP contribution in [0.4, 0.5) is 13.2 Å². The SMILES string of the molecule is Cc1ccc(CN(CC(=O)NCc2cccc(C(F)(F)F)c2)S(C)(=O)=O)cc1. The lowest BCUT2D eigenvalue weighted by Gasteiger charge is -2.20. The first-order valence-corrected chi connectivity index (χ1v) is 10.2. The van der Waals surface area contributed by atoms with Gasteiger partial charge in [0.15, 0.2) is 0 Å². The third-order valence-corrected chi connectivity index (χ3v) is 5.21. The van der Waals surface area contributed by atoms with Crippen molar-refractivity contribution in [2.75, 3.05) is 12.8 Å². The van der Waals surface area contributed by atoms with Crippen molar-refractivity contribution in [1.29, 1.82) is 0 Å². The quantitative estimate of drug-likeness (QED) is 0.757. The molecule has 1 amide bonds. The molecule has 152 valence electrons. The molecular weight excluding hydrogens is 393 g/mol. The fourth-order valence-corrected chi connectivity index (χ4v) is 3.20. The summed E-state index contributed by atoms with van der Waals surface area (Å²) in [5.41, 5.74) is 1.21. The first kappa shape index (κ1) is 21.9. The summed E-state index contributed by atoms with van der Waals surface area (Å²) >= 11 is 0. The summed E-state index contributed by atoms with van der Waals surface area (Å²) in [7, 11) is -3.65. The molecule has 0 aliphatic rings. The topological polar surface area (TPSA) is 66.5 Å². The maximum Gasteiger partial charge on any atom is 0.416 e. The molecule has 0 unspecified atom stereocenters. The summed E-state index contributed by atoms with van der Waals surface area (Å²) in [5, 5.41) is 2.46. The number of hydrogen-bond acceptors (Lipinski definition) is 3. The van der Waals surface area contributed by atoms with E-state index in [1.807, 2.05) is 19.1 Å². The van der Waals surface area contributed by atoms with Gasteiger partial charge < -0.3 is 5.32 Å². The molecule has 0 atom stereocenters. The van der Waals surface area contributed by atoms with Gasteiger partial charge >= 0.3 is 6.18 Å². The van der Waals surface area contributed by atoms with Crippen LogP contribution in [0, 0.1) is 6.92 Å². The number of alkyl halides is 3. The molecule has 0 spiro atoms. The monoisotopic (exact) mass is 414 g/mol. The molecule has 0 heterocycles. The van der Waals surface area contributed by atoms with E-state index in [1.54, 1.807) is 12.1 Å². The lowest BCUT2D eigenvalue weighted by molar-refractivity contribution is -0.137. The van der Waals surface area contributed by atoms with E-state index in [0.29, 0.717) is 0 Å². The standard InChI is InChI=1S/C19H21F3N2O3S/c1-14-6-8-15(9-7-14)12-24(28(2,26)27)13-18(25)23-11-16-4-3-5-17(10-16)19(20,21)22/h3-10H,11-13H2,1-2H3,(H,23,25). The van der Waals surface area contributed by atoms with Gasteiger partial charge in [0, 0.05) is 13.1 Å². The maximum atomic E-state index is 12.7. The van der Waals surface area contributed by atoms with E-state index in [2.05, 4.69) is 5.32 Å². The Morgan fingerprint density at radius 2 is 1.71 bits per heavy atom. The molecule has 0 bridgehead atoms. The maximum absolute atomic E-state index is 12.7. The van der Waals surface area contributed by atoms with Crippen molar-refractivity contribution in [1.82, 2.24) is 9.62 Å². The number of halogens is 3. The molecule has 9 heteroatoms. The van der Waals surface area contributed by atoms with Crippen LogP contribution in [0.5, 0.6) is 0 Å². The molecule has 0 aliphatic heterocycles. The number of carbonyl (C=O) groups excluding carboxylic acids is 1. The van der Waals surface area contributed by atoms with Crippen LogP contribution in [0.25, 0.3) is 0 Å². The summed E-state index contributed by atoms with van der Waals surface area (Å²) < 4.78 is 63.2. The van der Waals surface area contributed by atoms with Crippen molar-refractivity contribution in [3.05, 3.63) is 70.8 Å². The molecule has 0 saturated heterocycles. The number of hydrogen-bond donors (Lipinski definition) is 1. The highest BCUT2D eigenvalue weighted by molar-refractivity contribution is 7.88. The lowest BCUT2D eigenvalue weighted by atomic mass is 10.1. The molecule has 2 aromatic rings. The number of nitrogens with zero attached hydrogens (tertiary/aromatic N) is 1. The van der Waals surface area contributed by atoms with Gasteiger partial charge in [-0.05, 0) is 30.2 Å². The van der Waals surface area contributed by atoms with Crippen LogP contribution in [0.3, 0.4) is 0 Å². The Morgan fingerprint density at radius 1 is 1.07 bits per heavy atom. The third-order valence-electron chi connectivity index (χ3n) is 4.01. The molecule has 28 heavy (non-hydrogen) atoms. The predicted octanol–water partition coefficient (Wildman–Crippen LogP) is 3.09. The van der Waals surface area contributed by atoms with Crippen molar-refractivity contribution in [2.24, 2.45) is 0 Å². The Balaban J connectivity index is 2.01. The Hall–Kier alpha value is -2.39. The highest BCUT2D eigenvalue weighted by atomic mass is 32.2. The molecule has 0 fully saturated rings. The summed E-state index contributed by atoms with van der Waals surface area (Å²) in [4.78, 5) is 12.2. The van der Waals surface area contributed by atoms with Gasteiger partial charge in [-0.3, -0.25) is 4.79 Å². The number of sulfonamides is 1. The molecule has 0 aromatic heterocycles. The molecular formula is C19H21F3N2O3S. The molecule has 1 N–H and O–H groups in total. The molecule has 0 aliphatic carbocycles. The minimum atomic E-state index is -4.47. The van der Waals surface area contributed by atoms with E-state index in [9.17, 15) is 26.4 Å². The first-order valence-electron chi connectivity index (χ1n) is 8.38. The van der Waals surface area contributed by atoms with E-state index >= 15 is 0 Å². The van der Waals surface area contributed by atoms with Crippen LogP contribution >= 0.6 is 0 Å². The largest absolute Gasteiger partial charge is 0.416 e. The number of aryl methyl sites for hydroxylation is 1. The van der Waals surface area contributed by atoms with Gasteiger partial charge in [-0.15, -0.1) is 0 Å². The van der Waals surface area contributed by atoms with Crippen LogP contribution < -0.4 is 5.32 Å². The highest BCUT2D eigenvalue weighted by Gasteiger charge is 2.30. The van der Waals surface area contributed by atoms with Crippen molar-refractivity contribution < 1.29 is 26.4 Å². The van der Waals surface area contributed by atoms with Crippen molar-refractivity contribution in [3.63, 3.8) is 0 Å². The van der Waals surface area contributed by atoms with Crippen LogP contribution in [-0.2, 0) is 34.1 Å². The van der Waals surface area contributed by atoms with E-state index in [0.717, 1.165) is 33.8 Å². The zero-order chi connectivity index (χ0) is 20.9. The minimum Gasteiger partial charge on any atom is -0.351 e. The van der Waals surface area contributed by atoms with Gasteiger partial charge in [-0.2, -0.15) is 17.5 Å². The average molecular weight is 414 g/mol. The van der Waals surface area contributed by atoms with Gasteiger partial charge in [0.25, 0.3) is 0 Å². The molecule has 2 rings (SSSR count). The summed E-state index contributed by atoms with van der Waals surface area (Å²) in [6, 6.07) is 11.8. The van der Waals surface area contributed by atoms with Crippen LogP contribution in [0.1, 0.15) is 22.3 Å². The second-order valence-electron chi connectivity index (χ2n) is 6.49. The normalized spacial score (nSPS) is 12.2. The predicted molar refractivity (Wildman–Crippen MR) is 99.7 cm³/mol. The molecule has 0 saturated carbocycles. The third kappa shape index (κ3) is 6.65.